The molecule has 0 saturated heterocycles. The predicted molar refractivity (Wildman–Crippen MR) is 129 cm³/mol. The highest BCUT2D eigenvalue weighted by atomic mass is 16.6. The maximum atomic E-state index is 12.9. The van der Waals surface area contributed by atoms with Crippen molar-refractivity contribution in [3.63, 3.8) is 0 Å². The third-order valence-corrected chi connectivity index (χ3v) is 4.60. The van der Waals surface area contributed by atoms with Crippen molar-refractivity contribution in [1.29, 1.82) is 0 Å². The summed E-state index contributed by atoms with van der Waals surface area (Å²) < 4.78 is 17.7. The lowest BCUT2D eigenvalue weighted by atomic mass is 10.1. The van der Waals surface area contributed by atoms with Crippen molar-refractivity contribution in [1.82, 2.24) is 14.6 Å². The lowest BCUT2D eigenvalue weighted by Gasteiger charge is -2.28. The molecule has 2 aromatic heterocycles. The number of aromatic nitrogens is 3. The van der Waals surface area contributed by atoms with Crippen molar-refractivity contribution in [3.05, 3.63) is 42.7 Å². The second-order valence-electron chi connectivity index (χ2n) is 9.22. The summed E-state index contributed by atoms with van der Waals surface area (Å²) >= 11 is 0. The van der Waals surface area contributed by atoms with Crippen molar-refractivity contribution < 1.29 is 23.8 Å². The molecule has 0 atom stereocenters. The van der Waals surface area contributed by atoms with E-state index in [2.05, 4.69) is 5.10 Å². The van der Waals surface area contributed by atoms with Crippen LogP contribution in [-0.4, -0.2) is 52.0 Å². The maximum Gasteiger partial charge on any atom is 0.416 e. The zero-order valence-electron chi connectivity index (χ0n) is 20.6. The van der Waals surface area contributed by atoms with E-state index in [1.165, 1.54) is 0 Å². The number of rotatable bonds is 8. The fourth-order valence-electron chi connectivity index (χ4n) is 3.26. The summed E-state index contributed by atoms with van der Waals surface area (Å²) in [6.07, 6.45) is 3.02. The van der Waals surface area contributed by atoms with Crippen LogP contribution in [0.3, 0.4) is 0 Å². The van der Waals surface area contributed by atoms with E-state index in [1.54, 1.807) is 40.9 Å². The minimum absolute atomic E-state index is 0.172. The van der Waals surface area contributed by atoms with Gasteiger partial charge < -0.3 is 14.2 Å². The lowest BCUT2D eigenvalue weighted by molar-refractivity contribution is -0.145. The molecule has 0 saturated carbocycles. The number of carbonyl (C=O) groups is 2. The van der Waals surface area contributed by atoms with E-state index in [9.17, 15) is 9.59 Å². The summed E-state index contributed by atoms with van der Waals surface area (Å²) in [7, 11) is 0. The topological polar surface area (TPSA) is 95.3 Å². The van der Waals surface area contributed by atoms with E-state index in [0.717, 1.165) is 11.1 Å². The van der Waals surface area contributed by atoms with Crippen molar-refractivity contribution in [2.45, 2.75) is 47.1 Å². The van der Waals surface area contributed by atoms with Crippen LogP contribution < -0.4 is 9.64 Å². The summed E-state index contributed by atoms with van der Waals surface area (Å²) in [5.41, 5.74) is 1.53. The molecular weight excluding hydrogens is 436 g/mol. The number of esters is 1. The van der Waals surface area contributed by atoms with Crippen molar-refractivity contribution in [2.75, 3.05) is 24.7 Å². The normalized spacial score (nSPS) is 11.5. The number of ether oxygens (including phenoxy) is 3. The third-order valence-electron chi connectivity index (χ3n) is 4.60. The summed E-state index contributed by atoms with van der Waals surface area (Å²) in [5, 5.41) is 4.39. The SMILES string of the molecule is CCOC(=O)COc1cccc(-c2cnn3ccc(N(CC(C)C)C(=O)OC(C)(C)C)nc23)c1. The highest BCUT2D eigenvalue weighted by Gasteiger charge is 2.25. The van der Waals surface area contributed by atoms with Crippen LogP contribution in [0.5, 0.6) is 5.75 Å². The molecule has 9 heteroatoms. The zero-order chi connectivity index (χ0) is 24.9. The van der Waals surface area contributed by atoms with Gasteiger partial charge in [-0.1, -0.05) is 26.0 Å². The number of amides is 1. The van der Waals surface area contributed by atoms with Crippen LogP contribution >= 0.6 is 0 Å². The smallest absolute Gasteiger partial charge is 0.416 e. The predicted octanol–water partition coefficient (Wildman–Crippen LogP) is 4.74. The first-order chi connectivity index (χ1) is 16.1. The highest BCUT2D eigenvalue weighted by molar-refractivity contribution is 5.88. The van der Waals surface area contributed by atoms with E-state index in [0.29, 0.717) is 30.4 Å². The minimum Gasteiger partial charge on any atom is -0.482 e. The van der Waals surface area contributed by atoms with E-state index in [-0.39, 0.29) is 12.5 Å². The van der Waals surface area contributed by atoms with Gasteiger partial charge in [0.05, 0.1) is 12.8 Å². The molecule has 0 aliphatic carbocycles. The molecule has 0 fully saturated rings. The average Bonchev–Trinajstić information content (AvgIpc) is 3.18. The minimum atomic E-state index is -0.623. The second kappa shape index (κ2) is 10.5. The van der Waals surface area contributed by atoms with E-state index in [4.69, 9.17) is 19.2 Å². The van der Waals surface area contributed by atoms with E-state index in [1.807, 2.05) is 52.8 Å². The van der Waals surface area contributed by atoms with Gasteiger partial charge in [0.1, 0.15) is 17.2 Å². The summed E-state index contributed by atoms with van der Waals surface area (Å²) in [4.78, 5) is 30.8. The molecule has 0 aliphatic heterocycles. The molecule has 2 heterocycles. The molecular formula is C25H32N4O5. The molecule has 0 bridgehead atoms. The first-order valence-corrected chi connectivity index (χ1v) is 11.3. The van der Waals surface area contributed by atoms with Crippen LogP contribution in [-0.2, 0) is 14.3 Å². The summed E-state index contributed by atoms with van der Waals surface area (Å²) in [6, 6.07) is 9.05. The molecule has 3 aromatic rings. The second-order valence-corrected chi connectivity index (χ2v) is 9.22. The summed E-state index contributed by atoms with van der Waals surface area (Å²) in [6.45, 7) is 11.9. The quantitative estimate of drug-likeness (QED) is 0.441. The average molecular weight is 469 g/mol. The number of hydrogen-bond donors (Lipinski definition) is 0. The number of anilines is 1. The van der Waals surface area contributed by atoms with Gasteiger partial charge >= 0.3 is 12.1 Å². The van der Waals surface area contributed by atoms with Gasteiger partial charge in [0.25, 0.3) is 0 Å². The first kappa shape index (κ1) is 25.0. The molecule has 3 rings (SSSR count). The monoisotopic (exact) mass is 468 g/mol. The molecule has 182 valence electrons. The molecule has 0 radical (unpaired) electrons. The van der Waals surface area contributed by atoms with Crippen molar-refractivity contribution in [3.8, 4) is 16.9 Å². The number of carbonyl (C=O) groups excluding carboxylic acids is 2. The number of benzene rings is 1. The van der Waals surface area contributed by atoms with Crippen LogP contribution in [0.25, 0.3) is 16.8 Å². The Hall–Kier alpha value is -3.62. The Kier molecular flexibility index (Phi) is 7.75. The Morgan fingerprint density at radius 1 is 1.18 bits per heavy atom. The van der Waals surface area contributed by atoms with Crippen molar-refractivity contribution >= 4 is 23.5 Å². The molecule has 0 spiro atoms. The maximum absolute atomic E-state index is 12.9. The molecule has 0 unspecified atom stereocenters. The van der Waals surface area contributed by atoms with Gasteiger partial charge in [-0.2, -0.15) is 5.10 Å². The number of nitrogens with zero attached hydrogens (tertiary/aromatic N) is 4. The van der Waals surface area contributed by atoms with Crippen LogP contribution in [0.2, 0.25) is 0 Å². The van der Waals surface area contributed by atoms with E-state index >= 15 is 0 Å². The standard InChI is InChI=1S/C25H32N4O5/c1-7-32-22(30)16-33-19-10-8-9-18(13-19)20-14-26-29-12-11-21(27-23(20)29)28(15-17(2)3)24(31)34-25(4,5)6/h8-14,17H,7,15-16H2,1-6H3. The highest BCUT2D eigenvalue weighted by Crippen LogP contribution is 2.28. The Bertz CT molecular complexity index is 1150. The Labute approximate surface area is 199 Å². The molecule has 1 aromatic carbocycles. The number of fused-ring (bicyclic) bond motifs is 1. The van der Waals surface area contributed by atoms with Crippen LogP contribution in [0.4, 0.5) is 10.6 Å². The fourth-order valence-corrected chi connectivity index (χ4v) is 3.26. The van der Waals surface area contributed by atoms with Gasteiger partial charge in [-0.15, -0.1) is 0 Å². The first-order valence-electron chi connectivity index (χ1n) is 11.3. The lowest BCUT2D eigenvalue weighted by Crippen LogP contribution is -2.39. The fraction of sp³-hybridized carbons (Fsp3) is 0.440. The van der Waals surface area contributed by atoms with Crippen LogP contribution in [0, 0.1) is 5.92 Å². The Balaban J connectivity index is 1.93. The number of hydrogen-bond acceptors (Lipinski definition) is 7. The largest absolute Gasteiger partial charge is 0.482 e. The van der Waals surface area contributed by atoms with Crippen molar-refractivity contribution in [2.24, 2.45) is 5.92 Å². The van der Waals surface area contributed by atoms with Gasteiger partial charge in [0.15, 0.2) is 12.3 Å². The molecule has 1 amide bonds. The Morgan fingerprint density at radius 3 is 2.62 bits per heavy atom. The molecule has 9 nitrogen and oxygen atoms in total. The summed E-state index contributed by atoms with van der Waals surface area (Å²) in [5.74, 6) is 0.786. The van der Waals surface area contributed by atoms with Crippen LogP contribution in [0.15, 0.2) is 42.7 Å². The van der Waals surface area contributed by atoms with E-state index < -0.39 is 17.7 Å². The zero-order valence-corrected chi connectivity index (χ0v) is 20.6. The van der Waals surface area contributed by atoms with Gasteiger partial charge in [0.2, 0.25) is 0 Å². The Morgan fingerprint density at radius 2 is 1.94 bits per heavy atom. The van der Waals surface area contributed by atoms with Gasteiger partial charge in [-0.3, -0.25) is 4.90 Å². The third kappa shape index (κ3) is 6.46. The molecule has 34 heavy (non-hydrogen) atoms. The van der Waals surface area contributed by atoms with Gasteiger partial charge in [-0.25, -0.2) is 19.1 Å². The van der Waals surface area contributed by atoms with Gasteiger partial charge in [-0.05, 0) is 57.4 Å². The van der Waals surface area contributed by atoms with Gasteiger partial charge in [0, 0.05) is 18.3 Å². The molecule has 0 aliphatic rings. The molecule has 0 N–H and O–H groups in total. The van der Waals surface area contributed by atoms with Crippen LogP contribution in [0.1, 0.15) is 41.5 Å².